The summed E-state index contributed by atoms with van der Waals surface area (Å²) in [5, 5.41) is 0. The lowest BCUT2D eigenvalue weighted by molar-refractivity contribution is 2.01. The Balaban J connectivity index is 0.000000245. The Kier molecular flexibility index (Phi) is 1.77. The highest BCUT2D eigenvalue weighted by molar-refractivity contribution is 5.80. The molecule has 2 rings (SSSR count). The smallest absolute Gasteiger partial charge is 0.0178 e. The molecule has 0 saturated carbocycles. The van der Waals surface area contributed by atoms with E-state index in [1.165, 1.54) is 11.1 Å². The molecule has 8 heavy (non-hydrogen) atoms. The van der Waals surface area contributed by atoms with Gasteiger partial charge in [-0.1, -0.05) is 25.6 Å². The topological polar surface area (TPSA) is 35.0 Å². The van der Waals surface area contributed by atoms with Gasteiger partial charge in [-0.15, -0.1) is 0 Å². The molecule has 0 aliphatic heterocycles. The summed E-state index contributed by atoms with van der Waals surface area (Å²) >= 11 is 0. The average Bonchev–Trinajstić information content (AvgIpc) is 2.17. The van der Waals surface area contributed by atoms with E-state index in [9.17, 15) is 0 Å². The van der Waals surface area contributed by atoms with Crippen molar-refractivity contribution in [3.63, 3.8) is 0 Å². The molecule has 1 heteroatoms. The van der Waals surface area contributed by atoms with Crippen LogP contribution in [0.15, 0.2) is 24.3 Å². The third kappa shape index (κ3) is 0.724. The molecule has 0 saturated heterocycles. The molecule has 0 aromatic carbocycles. The monoisotopic (exact) mass is 109 g/mol. The van der Waals surface area contributed by atoms with Crippen molar-refractivity contribution < 1.29 is 0 Å². The van der Waals surface area contributed by atoms with Crippen LogP contribution < -0.4 is 6.15 Å². The molecule has 0 aromatic heterocycles. The van der Waals surface area contributed by atoms with Crippen molar-refractivity contribution in [1.29, 1.82) is 0 Å². The summed E-state index contributed by atoms with van der Waals surface area (Å²) in [5.41, 5.74) is 2.85. The van der Waals surface area contributed by atoms with Crippen LogP contribution in [0, 0.1) is 0 Å². The lowest BCUT2D eigenvalue weighted by Gasteiger charge is -1.48. The molecule has 0 spiro atoms. The minimum Gasteiger partial charge on any atom is -0.344 e. The molecular formula is C7H11N. The predicted molar refractivity (Wildman–Crippen MR) is 37.2 cm³/mol. The fraction of sp³-hybridized carbons (Fsp3) is 0.143. The maximum Gasteiger partial charge on any atom is -0.0178 e. The van der Waals surface area contributed by atoms with E-state index in [-0.39, 0.29) is 13.6 Å². The molecule has 2 aliphatic carbocycles. The van der Waals surface area contributed by atoms with Gasteiger partial charge in [-0.25, -0.2) is 0 Å². The Labute approximate surface area is 49.9 Å². The van der Waals surface area contributed by atoms with Crippen molar-refractivity contribution in [2.24, 2.45) is 0 Å². The second kappa shape index (κ2) is 1.97. The highest BCUT2D eigenvalue weighted by Crippen LogP contribution is 2.32. The minimum absolute atomic E-state index is 0. The van der Waals surface area contributed by atoms with Gasteiger partial charge in [0.15, 0.2) is 0 Å². The van der Waals surface area contributed by atoms with Crippen molar-refractivity contribution in [1.82, 2.24) is 6.15 Å². The Morgan fingerprint density at radius 1 is 1.00 bits per heavy atom. The third-order valence-corrected chi connectivity index (χ3v) is 1.11. The van der Waals surface area contributed by atoms with E-state index in [2.05, 4.69) is 24.3 Å². The Bertz CT molecular complexity index is 164. The fourth-order valence-electron chi connectivity index (χ4n) is 0.676. The summed E-state index contributed by atoms with van der Waals surface area (Å²) < 4.78 is 0. The zero-order valence-electron chi connectivity index (χ0n) is 4.02. The van der Waals surface area contributed by atoms with Crippen LogP contribution in [-0.4, -0.2) is 0 Å². The largest absolute Gasteiger partial charge is 0.344 e. The first-order valence-electron chi connectivity index (χ1n) is 2.07. The van der Waals surface area contributed by atoms with Crippen molar-refractivity contribution in [3.05, 3.63) is 24.3 Å². The van der Waals surface area contributed by atoms with Crippen LogP contribution >= 0.6 is 0 Å². The van der Waals surface area contributed by atoms with Gasteiger partial charge in [0.1, 0.15) is 0 Å². The average molecular weight is 109 g/mol. The molecular weight excluding hydrogens is 98.1 g/mol. The maximum atomic E-state index is 2.17. The SMILES string of the molecule is C.N.c1cc2cc-2c1. The molecule has 0 radical (unpaired) electrons. The van der Waals surface area contributed by atoms with Gasteiger partial charge in [-0.3, -0.25) is 0 Å². The molecule has 44 valence electrons. The number of hydrogen-bond acceptors (Lipinski definition) is 1. The zero-order valence-corrected chi connectivity index (χ0v) is 4.02. The van der Waals surface area contributed by atoms with E-state index in [0.29, 0.717) is 0 Å². The lowest BCUT2D eigenvalue weighted by Crippen LogP contribution is -1.23. The molecule has 0 heterocycles. The Morgan fingerprint density at radius 3 is 1.62 bits per heavy atom. The van der Waals surface area contributed by atoms with E-state index in [4.69, 9.17) is 0 Å². The van der Waals surface area contributed by atoms with E-state index >= 15 is 0 Å². The zero-order chi connectivity index (χ0) is 3.98. The van der Waals surface area contributed by atoms with E-state index in [1.807, 2.05) is 0 Å². The van der Waals surface area contributed by atoms with Gasteiger partial charge in [0.2, 0.25) is 0 Å². The summed E-state index contributed by atoms with van der Waals surface area (Å²) in [6.07, 6.45) is 0. The molecule has 2 aliphatic rings. The molecule has 0 aromatic rings. The van der Waals surface area contributed by atoms with Gasteiger partial charge in [0.25, 0.3) is 0 Å². The lowest BCUT2D eigenvalue weighted by atomic mass is 10.6. The van der Waals surface area contributed by atoms with Crippen LogP contribution in [0.3, 0.4) is 0 Å². The van der Waals surface area contributed by atoms with Gasteiger partial charge >= 0.3 is 0 Å². The number of benzene rings is 1. The summed E-state index contributed by atoms with van der Waals surface area (Å²) in [4.78, 5) is 0. The summed E-state index contributed by atoms with van der Waals surface area (Å²) in [7, 11) is 0. The molecule has 0 unspecified atom stereocenters. The third-order valence-electron chi connectivity index (χ3n) is 1.11. The van der Waals surface area contributed by atoms with Crippen LogP contribution in [-0.2, 0) is 0 Å². The predicted octanol–water partition coefficient (Wildman–Crippen LogP) is 2.47. The van der Waals surface area contributed by atoms with E-state index < -0.39 is 0 Å². The number of hydrogen-bond donors (Lipinski definition) is 1. The molecule has 0 bridgehead atoms. The molecule has 0 amide bonds. The second-order valence-corrected chi connectivity index (χ2v) is 1.58. The number of fused-ring (bicyclic) bond motifs is 1. The highest BCUT2D eigenvalue weighted by Gasteiger charge is 2.06. The van der Waals surface area contributed by atoms with E-state index in [0.717, 1.165) is 0 Å². The molecule has 1 nitrogen and oxygen atoms in total. The Hall–Kier alpha value is -0.820. The van der Waals surface area contributed by atoms with Crippen LogP contribution in [0.5, 0.6) is 0 Å². The minimum atomic E-state index is 0. The van der Waals surface area contributed by atoms with Crippen molar-refractivity contribution in [2.45, 2.75) is 7.43 Å². The quantitative estimate of drug-likeness (QED) is 0.554. The first kappa shape index (κ1) is 7.18. The van der Waals surface area contributed by atoms with Gasteiger partial charge in [0, 0.05) is 0 Å². The Morgan fingerprint density at radius 2 is 1.50 bits per heavy atom. The first-order valence-corrected chi connectivity index (χ1v) is 2.07. The first-order chi connectivity index (χ1) is 2.97. The van der Waals surface area contributed by atoms with Gasteiger partial charge in [0.05, 0.1) is 0 Å². The standard InChI is InChI=1S/C6H4.CH4.H3N/c1-2-5-4-6(5)3-1;;/h1-4H;1H4;1H3. The molecule has 0 fully saturated rings. The van der Waals surface area contributed by atoms with Crippen LogP contribution in [0.2, 0.25) is 0 Å². The van der Waals surface area contributed by atoms with Crippen LogP contribution in [0.4, 0.5) is 0 Å². The summed E-state index contributed by atoms with van der Waals surface area (Å²) in [6.45, 7) is 0. The summed E-state index contributed by atoms with van der Waals surface area (Å²) in [5.74, 6) is 0. The fourth-order valence-corrected chi connectivity index (χ4v) is 0.676. The van der Waals surface area contributed by atoms with Crippen LogP contribution in [0.1, 0.15) is 7.43 Å². The van der Waals surface area contributed by atoms with Crippen molar-refractivity contribution >= 4 is 0 Å². The van der Waals surface area contributed by atoms with Crippen molar-refractivity contribution in [2.75, 3.05) is 0 Å². The van der Waals surface area contributed by atoms with Gasteiger partial charge < -0.3 is 6.15 Å². The number of rotatable bonds is 0. The van der Waals surface area contributed by atoms with Crippen LogP contribution in [0.25, 0.3) is 11.1 Å². The van der Waals surface area contributed by atoms with E-state index in [1.54, 1.807) is 0 Å². The van der Waals surface area contributed by atoms with Gasteiger partial charge in [-0.05, 0) is 17.2 Å². The highest BCUT2D eigenvalue weighted by atomic mass is 14.1. The maximum absolute atomic E-state index is 2.17. The molecule has 3 N–H and O–H groups in total. The van der Waals surface area contributed by atoms with Crippen molar-refractivity contribution in [3.8, 4) is 11.1 Å². The normalized spacial score (nSPS) is 8.50. The van der Waals surface area contributed by atoms with Gasteiger partial charge in [-0.2, -0.15) is 0 Å². The molecule has 0 atom stereocenters. The second-order valence-electron chi connectivity index (χ2n) is 1.58. The summed E-state index contributed by atoms with van der Waals surface area (Å²) in [6, 6.07) is 8.48.